The number of ketones is 2. The molecule has 0 bridgehead atoms. The molecule has 3 fully saturated rings. The van der Waals surface area contributed by atoms with Gasteiger partial charge in [0.2, 0.25) is 0 Å². The summed E-state index contributed by atoms with van der Waals surface area (Å²) in [5.74, 6) is 2.57. The molecular formula is C20H26O2. The molecule has 0 aromatic rings. The lowest BCUT2D eigenvalue weighted by Gasteiger charge is -2.56. The summed E-state index contributed by atoms with van der Waals surface area (Å²) in [6, 6.07) is 0. The fraction of sp³-hybridized carbons (Fsp3) is 0.700. The third-order valence-electron chi connectivity index (χ3n) is 7.66. The first-order valence-electron chi connectivity index (χ1n) is 8.92. The number of Topliss-reactive ketones (excluding diaryl/α,β-unsaturated/α-hetero) is 1. The van der Waals surface area contributed by atoms with Crippen LogP contribution in [-0.2, 0) is 9.59 Å². The number of allylic oxidation sites excluding steroid dienone is 2. The van der Waals surface area contributed by atoms with Crippen molar-refractivity contribution in [2.45, 2.75) is 58.3 Å². The van der Waals surface area contributed by atoms with Crippen LogP contribution in [0.25, 0.3) is 0 Å². The van der Waals surface area contributed by atoms with Crippen LogP contribution < -0.4 is 0 Å². The Morgan fingerprint density at radius 1 is 1.09 bits per heavy atom. The summed E-state index contributed by atoms with van der Waals surface area (Å²) in [6.07, 6.45) is 11.8. The molecule has 0 amide bonds. The van der Waals surface area contributed by atoms with Gasteiger partial charge in [-0.1, -0.05) is 18.6 Å². The second-order valence-corrected chi connectivity index (χ2v) is 8.21. The minimum atomic E-state index is -0.219. The van der Waals surface area contributed by atoms with Crippen LogP contribution in [-0.4, -0.2) is 11.6 Å². The Kier molecular flexibility index (Phi) is 3.05. The monoisotopic (exact) mass is 298 g/mol. The van der Waals surface area contributed by atoms with Crippen molar-refractivity contribution in [2.75, 3.05) is 0 Å². The second kappa shape index (κ2) is 4.66. The van der Waals surface area contributed by atoms with Crippen LogP contribution in [0.2, 0.25) is 0 Å². The lowest BCUT2D eigenvalue weighted by molar-refractivity contribution is -0.129. The molecule has 2 heteroatoms. The van der Waals surface area contributed by atoms with E-state index < -0.39 is 0 Å². The van der Waals surface area contributed by atoms with Crippen LogP contribution in [0, 0.1) is 28.6 Å². The van der Waals surface area contributed by atoms with Crippen LogP contribution in [0.5, 0.6) is 0 Å². The third kappa shape index (κ3) is 1.67. The molecular weight excluding hydrogens is 272 g/mol. The number of fused-ring (bicyclic) bond motifs is 5. The quantitative estimate of drug-likeness (QED) is 0.678. The SMILES string of the molecule is C=C[C@]12CC[C@H]3[C@@H](CCC4=CC(=O)CC[C@@]43C)[C@@H]1CCC2=O. The summed E-state index contributed by atoms with van der Waals surface area (Å²) >= 11 is 0. The zero-order valence-corrected chi connectivity index (χ0v) is 13.6. The predicted molar refractivity (Wildman–Crippen MR) is 86.2 cm³/mol. The Balaban J connectivity index is 1.72. The van der Waals surface area contributed by atoms with Gasteiger partial charge in [0.1, 0.15) is 5.78 Å². The molecule has 4 rings (SSSR count). The summed E-state index contributed by atoms with van der Waals surface area (Å²) in [5.41, 5.74) is 1.39. The van der Waals surface area contributed by atoms with Crippen LogP contribution in [0.15, 0.2) is 24.3 Å². The summed E-state index contributed by atoms with van der Waals surface area (Å²) in [5, 5.41) is 0. The number of hydrogen-bond donors (Lipinski definition) is 0. The molecule has 0 heterocycles. The summed E-state index contributed by atoms with van der Waals surface area (Å²) in [7, 11) is 0. The van der Waals surface area contributed by atoms with Crippen LogP contribution in [0.1, 0.15) is 58.3 Å². The maximum Gasteiger partial charge on any atom is 0.155 e. The first kappa shape index (κ1) is 14.4. The van der Waals surface area contributed by atoms with Crippen LogP contribution >= 0.6 is 0 Å². The van der Waals surface area contributed by atoms with Gasteiger partial charge in [0.05, 0.1) is 0 Å². The van der Waals surface area contributed by atoms with E-state index in [4.69, 9.17) is 0 Å². The normalized spacial score (nSPS) is 47.3. The molecule has 22 heavy (non-hydrogen) atoms. The Morgan fingerprint density at radius 2 is 1.91 bits per heavy atom. The highest BCUT2D eigenvalue weighted by atomic mass is 16.1. The molecule has 2 nitrogen and oxygen atoms in total. The Bertz CT molecular complexity index is 587. The smallest absolute Gasteiger partial charge is 0.155 e. The predicted octanol–water partition coefficient (Wildman–Crippen LogP) is 4.25. The molecule has 4 aliphatic carbocycles. The number of carbonyl (C=O) groups excluding carboxylic acids is 2. The van der Waals surface area contributed by atoms with E-state index in [1.54, 1.807) is 0 Å². The van der Waals surface area contributed by atoms with E-state index in [9.17, 15) is 9.59 Å². The lowest BCUT2D eigenvalue weighted by Crippen LogP contribution is -2.50. The summed E-state index contributed by atoms with van der Waals surface area (Å²) in [4.78, 5) is 24.3. The first-order valence-corrected chi connectivity index (χ1v) is 8.92. The average Bonchev–Trinajstić information content (AvgIpc) is 2.86. The second-order valence-electron chi connectivity index (χ2n) is 8.21. The molecule has 0 radical (unpaired) electrons. The molecule has 5 atom stereocenters. The van der Waals surface area contributed by atoms with Crippen molar-refractivity contribution in [1.29, 1.82) is 0 Å². The van der Waals surface area contributed by atoms with Crippen molar-refractivity contribution in [2.24, 2.45) is 28.6 Å². The van der Waals surface area contributed by atoms with E-state index in [1.807, 2.05) is 12.2 Å². The van der Waals surface area contributed by atoms with Crippen molar-refractivity contribution < 1.29 is 9.59 Å². The summed E-state index contributed by atoms with van der Waals surface area (Å²) in [6.45, 7) is 6.43. The van der Waals surface area contributed by atoms with Crippen molar-refractivity contribution in [3.05, 3.63) is 24.3 Å². The Morgan fingerprint density at radius 3 is 2.68 bits per heavy atom. The largest absolute Gasteiger partial charge is 0.299 e. The molecule has 3 saturated carbocycles. The van der Waals surface area contributed by atoms with Gasteiger partial charge in [-0.3, -0.25) is 9.59 Å². The van der Waals surface area contributed by atoms with Gasteiger partial charge in [0.25, 0.3) is 0 Å². The molecule has 0 saturated heterocycles. The first-order chi connectivity index (χ1) is 10.5. The molecule has 4 aliphatic rings. The fourth-order valence-electron chi connectivity index (χ4n) is 6.43. The highest BCUT2D eigenvalue weighted by Crippen LogP contribution is 2.64. The van der Waals surface area contributed by atoms with E-state index >= 15 is 0 Å². The lowest BCUT2D eigenvalue weighted by atomic mass is 9.47. The zero-order chi connectivity index (χ0) is 15.5. The van der Waals surface area contributed by atoms with Crippen LogP contribution in [0.4, 0.5) is 0 Å². The Labute approximate surface area is 133 Å². The number of carbonyl (C=O) groups is 2. The van der Waals surface area contributed by atoms with Crippen molar-refractivity contribution in [3.8, 4) is 0 Å². The maximum absolute atomic E-state index is 12.5. The molecule has 0 aromatic heterocycles. The van der Waals surface area contributed by atoms with Crippen molar-refractivity contribution >= 4 is 11.6 Å². The highest BCUT2D eigenvalue weighted by molar-refractivity contribution is 5.92. The molecule has 118 valence electrons. The van der Waals surface area contributed by atoms with Gasteiger partial charge in [-0.25, -0.2) is 0 Å². The van der Waals surface area contributed by atoms with Gasteiger partial charge in [0, 0.05) is 18.3 Å². The van der Waals surface area contributed by atoms with E-state index in [-0.39, 0.29) is 10.8 Å². The van der Waals surface area contributed by atoms with Crippen molar-refractivity contribution in [1.82, 2.24) is 0 Å². The van der Waals surface area contributed by atoms with E-state index in [2.05, 4.69) is 13.5 Å². The topological polar surface area (TPSA) is 34.1 Å². The van der Waals surface area contributed by atoms with Gasteiger partial charge in [-0.05, 0) is 67.8 Å². The minimum Gasteiger partial charge on any atom is -0.299 e. The fourth-order valence-corrected chi connectivity index (χ4v) is 6.43. The zero-order valence-electron chi connectivity index (χ0n) is 13.6. The third-order valence-corrected chi connectivity index (χ3v) is 7.66. The Hall–Kier alpha value is -1.18. The van der Waals surface area contributed by atoms with Gasteiger partial charge < -0.3 is 0 Å². The standard InChI is InChI=1S/C20H26O2/c1-3-20-11-9-16-15(17(20)6-7-18(20)22)5-4-13-12-14(21)8-10-19(13,16)2/h3,12,15-17H,1,4-11H2,2H3/t15-,16+,17+,19+,20+/m1/s1. The molecule has 0 aliphatic heterocycles. The van der Waals surface area contributed by atoms with E-state index in [0.29, 0.717) is 35.7 Å². The summed E-state index contributed by atoms with van der Waals surface area (Å²) < 4.78 is 0. The van der Waals surface area contributed by atoms with Gasteiger partial charge >= 0.3 is 0 Å². The highest BCUT2D eigenvalue weighted by Gasteiger charge is 2.59. The van der Waals surface area contributed by atoms with E-state index in [1.165, 1.54) is 5.57 Å². The molecule has 0 unspecified atom stereocenters. The molecule has 0 N–H and O–H groups in total. The van der Waals surface area contributed by atoms with Gasteiger partial charge in [0.15, 0.2) is 5.78 Å². The van der Waals surface area contributed by atoms with Gasteiger partial charge in [-0.15, -0.1) is 6.58 Å². The molecule has 0 spiro atoms. The van der Waals surface area contributed by atoms with Gasteiger partial charge in [-0.2, -0.15) is 0 Å². The maximum atomic E-state index is 12.5. The minimum absolute atomic E-state index is 0.204. The molecule has 0 aromatic carbocycles. The van der Waals surface area contributed by atoms with E-state index in [0.717, 1.165) is 44.9 Å². The number of hydrogen-bond acceptors (Lipinski definition) is 2. The number of rotatable bonds is 1. The van der Waals surface area contributed by atoms with Crippen molar-refractivity contribution in [3.63, 3.8) is 0 Å². The average molecular weight is 298 g/mol. The van der Waals surface area contributed by atoms with Crippen LogP contribution in [0.3, 0.4) is 0 Å².